The number of sulfone groups is 2. The first kappa shape index (κ1) is 52.6. The van der Waals surface area contributed by atoms with Gasteiger partial charge in [-0.2, -0.15) is 36.9 Å². The number of ether oxygens (including phenoxy) is 2. The Kier molecular flexibility index (Phi) is 15.4. The molecular formula is C48H44Cl2F6N4O8S2. The molecule has 4 fully saturated rings. The number of alkyl halides is 6. The number of halogens is 8. The summed E-state index contributed by atoms with van der Waals surface area (Å²) in [6.07, 6.45) is -8.54. The van der Waals surface area contributed by atoms with Crippen LogP contribution in [-0.4, -0.2) is 62.4 Å². The van der Waals surface area contributed by atoms with Crippen molar-refractivity contribution in [1.29, 1.82) is 10.5 Å². The molecule has 372 valence electrons. The quantitative estimate of drug-likeness (QED) is 0.115. The standard InChI is InChI=1S/2C24H22ClF3N2O4S/c2*25-19-3-1-2-4-21(19)35(32,33)17-11-18(22(31)30-23(14-29)9-10-23)20(12-17)34-13-15-5-7-16(8-6-15)24(26,27)28/h2*1-8,17-18,20H,9-13H2,(H,30,31)/t2*17-,18-,20-/m10/s1. The van der Waals surface area contributed by atoms with Crippen molar-refractivity contribution < 1.29 is 62.2 Å². The number of nitrogens with zero attached hydrogens (tertiary/aromatic N) is 2. The van der Waals surface area contributed by atoms with Gasteiger partial charge in [-0.1, -0.05) is 71.7 Å². The van der Waals surface area contributed by atoms with Crippen LogP contribution in [-0.2, 0) is 64.3 Å². The van der Waals surface area contributed by atoms with Gasteiger partial charge in [-0.15, -0.1) is 0 Å². The van der Waals surface area contributed by atoms with Crippen molar-refractivity contribution in [2.24, 2.45) is 11.8 Å². The molecule has 70 heavy (non-hydrogen) atoms. The minimum absolute atomic E-state index is 0.00579. The molecule has 0 saturated heterocycles. The van der Waals surface area contributed by atoms with Gasteiger partial charge in [0.05, 0.1) is 90.9 Å². The summed E-state index contributed by atoms with van der Waals surface area (Å²) < 4.78 is 142. The van der Waals surface area contributed by atoms with E-state index in [0.717, 1.165) is 24.3 Å². The lowest BCUT2D eigenvalue weighted by molar-refractivity contribution is -0.138. The summed E-state index contributed by atoms with van der Waals surface area (Å²) in [5, 5.41) is 22.3. The Labute approximate surface area is 410 Å². The van der Waals surface area contributed by atoms with Crippen LogP contribution in [0.3, 0.4) is 0 Å². The van der Waals surface area contributed by atoms with Crippen LogP contribution in [0, 0.1) is 34.5 Å². The molecular weight excluding hydrogens is 1010 g/mol. The van der Waals surface area contributed by atoms with Gasteiger partial charge in [-0.05, 0) is 111 Å². The van der Waals surface area contributed by atoms with Crippen molar-refractivity contribution in [2.75, 3.05) is 0 Å². The minimum Gasteiger partial charge on any atom is -0.373 e. The summed E-state index contributed by atoms with van der Waals surface area (Å²) in [4.78, 5) is 26.0. The van der Waals surface area contributed by atoms with Gasteiger partial charge < -0.3 is 20.1 Å². The molecule has 0 aromatic heterocycles. The van der Waals surface area contributed by atoms with Gasteiger partial charge in [0, 0.05) is 0 Å². The minimum atomic E-state index is -4.46. The van der Waals surface area contributed by atoms with Gasteiger partial charge in [0.15, 0.2) is 19.7 Å². The summed E-state index contributed by atoms with van der Waals surface area (Å²) in [5.41, 5.74) is -2.56. The zero-order chi connectivity index (χ0) is 50.9. The molecule has 0 aliphatic heterocycles. The molecule has 4 saturated carbocycles. The van der Waals surface area contributed by atoms with E-state index >= 15 is 0 Å². The van der Waals surface area contributed by atoms with E-state index in [1.165, 1.54) is 48.5 Å². The third-order valence-electron chi connectivity index (χ3n) is 12.9. The molecule has 8 rings (SSSR count). The molecule has 12 nitrogen and oxygen atoms in total. The Balaban J connectivity index is 0.000000206. The van der Waals surface area contributed by atoms with Crippen LogP contribution in [0.15, 0.2) is 107 Å². The van der Waals surface area contributed by atoms with Crippen LogP contribution in [0.25, 0.3) is 0 Å². The second kappa shape index (κ2) is 20.5. The summed E-state index contributed by atoms with van der Waals surface area (Å²) >= 11 is 12.2. The van der Waals surface area contributed by atoms with Gasteiger partial charge >= 0.3 is 12.4 Å². The lowest BCUT2D eigenvalue weighted by atomic mass is 10.0. The highest BCUT2D eigenvalue weighted by molar-refractivity contribution is 7.92. The summed E-state index contributed by atoms with van der Waals surface area (Å²) in [7, 11) is -7.78. The zero-order valence-corrected chi connectivity index (χ0v) is 39.9. The van der Waals surface area contributed by atoms with E-state index in [1.54, 1.807) is 24.3 Å². The lowest BCUT2D eigenvalue weighted by Crippen LogP contribution is -2.42. The van der Waals surface area contributed by atoms with Crippen LogP contribution < -0.4 is 10.6 Å². The van der Waals surface area contributed by atoms with E-state index in [9.17, 15) is 63.3 Å². The number of nitrogens with one attached hydrogen (secondary N) is 2. The summed E-state index contributed by atoms with van der Waals surface area (Å²) in [6.45, 7) is -0.205. The van der Waals surface area contributed by atoms with Gasteiger partial charge in [-0.3, -0.25) is 9.59 Å². The molecule has 2 amide bonds. The van der Waals surface area contributed by atoms with E-state index in [0.29, 0.717) is 36.8 Å². The van der Waals surface area contributed by atoms with E-state index in [2.05, 4.69) is 22.8 Å². The molecule has 6 atom stereocenters. The molecule has 0 radical (unpaired) electrons. The highest BCUT2D eigenvalue weighted by Gasteiger charge is 2.52. The first-order valence-electron chi connectivity index (χ1n) is 21.9. The van der Waals surface area contributed by atoms with Crippen molar-refractivity contribution in [2.45, 2.75) is 121 Å². The fraction of sp³-hybridized carbons (Fsp3) is 0.417. The third kappa shape index (κ3) is 12.1. The van der Waals surface area contributed by atoms with E-state index in [-0.39, 0.29) is 58.7 Å². The molecule has 2 N–H and O–H groups in total. The average Bonchev–Trinajstić information content (AvgIpc) is 4.17. The molecule has 4 aromatic carbocycles. The van der Waals surface area contributed by atoms with Crippen molar-refractivity contribution in [1.82, 2.24) is 10.6 Å². The Morgan fingerprint density at radius 3 is 1.19 bits per heavy atom. The molecule has 0 unspecified atom stereocenters. The molecule has 0 spiro atoms. The SMILES string of the molecule is N#CC1(NC(=O)[C@@H]2C[C@@H](S(=O)(=O)c3ccccc3Cl)C[C@H]2OCc2ccc(C(F)(F)F)cc2)CC1.N#CC1(NC(=O)[C@H]2C[C@H](S(=O)(=O)c3ccccc3Cl)C[C@@H]2OCc2ccc(C(F)(F)F)cc2)CC1. The Hall–Kier alpha value is -5.22. The molecule has 4 aliphatic rings. The maximum atomic E-state index is 13.3. The second-order valence-electron chi connectivity index (χ2n) is 17.8. The monoisotopic (exact) mass is 1050 g/mol. The van der Waals surface area contributed by atoms with Crippen molar-refractivity contribution >= 4 is 54.7 Å². The number of hydrogen-bond donors (Lipinski definition) is 2. The first-order chi connectivity index (χ1) is 32.9. The van der Waals surface area contributed by atoms with Gasteiger partial charge in [0.25, 0.3) is 0 Å². The van der Waals surface area contributed by atoms with Crippen molar-refractivity contribution in [3.8, 4) is 12.1 Å². The molecule has 22 heteroatoms. The number of carbonyl (C=O) groups excluding carboxylic acids is 2. The Bertz CT molecular complexity index is 2710. The molecule has 4 aromatic rings. The van der Waals surface area contributed by atoms with Crippen LogP contribution in [0.5, 0.6) is 0 Å². The number of benzene rings is 4. The van der Waals surface area contributed by atoms with E-state index in [1.807, 2.05) is 0 Å². The molecule has 0 bridgehead atoms. The fourth-order valence-corrected chi connectivity index (χ4v) is 13.1. The van der Waals surface area contributed by atoms with Crippen LogP contribution >= 0.6 is 23.2 Å². The summed E-state index contributed by atoms with van der Waals surface area (Å²) in [5.74, 6) is -2.65. The van der Waals surface area contributed by atoms with Gasteiger partial charge in [-0.25, -0.2) is 16.8 Å². The number of hydrogen-bond acceptors (Lipinski definition) is 10. The number of amides is 2. The molecule has 0 heterocycles. The normalized spacial score (nSPS) is 23.5. The topological polar surface area (TPSA) is 193 Å². The van der Waals surface area contributed by atoms with Gasteiger partial charge in [0.1, 0.15) is 11.1 Å². The highest BCUT2D eigenvalue weighted by atomic mass is 35.5. The average molecular weight is 1050 g/mol. The number of carbonyl (C=O) groups is 2. The van der Waals surface area contributed by atoms with E-state index < -0.39 is 101 Å². The summed E-state index contributed by atoms with van der Waals surface area (Å²) in [6, 6.07) is 25.1. The Morgan fingerprint density at radius 1 is 0.571 bits per heavy atom. The van der Waals surface area contributed by atoms with Crippen LogP contribution in [0.1, 0.15) is 73.6 Å². The Morgan fingerprint density at radius 2 is 0.900 bits per heavy atom. The second-order valence-corrected chi connectivity index (χ2v) is 23.0. The fourth-order valence-electron chi connectivity index (χ4n) is 8.47. The largest absolute Gasteiger partial charge is 0.416 e. The number of rotatable bonds is 14. The van der Waals surface area contributed by atoms with Crippen molar-refractivity contribution in [3.63, 3.8) is 0 Å². The maximum Gasteiger partial charge on any atom is 0.416 e. The molecule has 4 aliphatic carbocycles. The smallest absolute Gasteiger partial charge is 0.373 e. The maximum absolute atomic E-state index is 13.3. The zero-order valence-electron chi connectivity index (χ0n) is 36.8. The predicted molar refractivity (Wildman–Crippen MR) is 242 cm³/mol. The lowest BCUT2D eigenvalue weighted by Gasteiger charge is -2.21. The highest BCUT2D eigenvalue weighted by Crippen LogP contribution is 2.43. The van der Waals surface area contributed by atoms with E-state index in [4.69, 9.17) is 32.7 Å². The van der Waals surface area contributed by atoms with Gasteiger partial charge in [0.2, 0.25) is 11.8 Å². The van der Waals surface area contributed by atoms with Crippen molar-refractivity contribution in [3.05, 3.63) is 129 Å². The third-order valence-corrected chi connectivity index (χ3v) is 18.2. The predicted octanol–water partition coefficient (Wildman–Crippen LogP) is 9.34. The van der Waals surface area contributed by atoms with Crippen LogP contribution in [0.2, 0.25) is 10.0 Å². The first-order valence-corrected chi connectivity index (χ1v) is 25.7. The van der Waals surface area contributed by atoms with Crippen LogP contribution in [0.4, 0.5) is 26.3 Å². The number of nitriles is 2.